The fraction of sp³-hybridized carbons (Fsp3) is 0.429. The average molecular weight is 370 g/mol. The summed E-state index contributed by atoms with van der Waals surface area (Å²) in [5.74, 6) is 3.07. The molecular weight excluding hydrogens is 346 g/mol. The molecule has 0 aromatic heterocycles. The first-order chi connectivity index (χ1) is 13.1. The number of aliphatic hydroxyl groups is 1. The normalized spacial score (nSPS) is 21.2. The first-order valence-electron chi connectivity index (χ1n) is 9.33. The molecule has 27 heavy (non-hydrogen) atoms. The Morgan fingerprint density at radius 2 is 1.74 bits per heavy atom. The minimum absolute atomic E-state index is 0.0595. The van der Waals surface area contributed by atoms with E-state index in [1.165, 1.54) is 11.1 Å². The van der Waals surface area contributed by atoms with Crippen molar-refractivity contribution in [3.63, 3.8) is 0 Å². The minimum Gasteiger partial charge on any atom is -0.454 e. The second-order valence-corrected chi connectivity index (χ2v) is 7.97. The van der Waals surface area contributed by atoms with Gasteiger partial charge in [0.15, 0.2) is 23.0 Å². The SMILES string of the molecule is C[N+]1(C)CCc2cc3c(cc2C1Cc1ccc2c(c1CO)OCO2)OCO3. The highest BCUT2D eigenvalue weighted by Crippen LogP contribution is 2.45. The van der Waals surface area contributed by atoms with Crippen molar-refractivity contribution in [2.45, 2.75) is 25.5 Å². The number of nitrogens with zero attached hydrogens (tertiary/aromatic N) is 1. The summed E-state index contributed by atoms with van der Waals surface area (Å²) in [6.07, 6.45) is 1.83. The van der Waals surface area contributed by atoms with Crippen molar-refractivity contribution < 1.29 is 28.5 Å². The van der Waals surface area contributed by atoms with Gasteiger partial charge in [-0.05, 0) is 29.3 Å². The van der Waals surface area contributed by atoms with Crippen LogP contribution < -0.4 is 18.9 Å². The molecule has 0 bridgehead atoms. The van der Waals surface area contributed by atoms with Crippen molar-refractivity contribution >= 4 is 0 Å². The van der Waals surface area contributed by atoms with E-state index in [2.05, 4.69) is 32.3 Å². The molecule has 0 saturated heterocycles. The predicted octanol–water partition coefficient (Wildman–Crippen LogP) is 2.55. The molecule has 0 saturated carbocycles. The van der Waals surface area contributed by atoms with E-state index in [1.807, 2.05) is 6.07 Å². The molecular formula is C21H24NO5+. The third kappa shape index (κ3) is 2.63. The van der Waals surface area contributed by atoms with Crippen LogP contribution in [-0.2, 0) is 19.4 Å². The van der Waals surface area contributed by atoms with Crippen molar-refractivity contribution in [2.24, 2.45) is 0 Å². The second kappa shape index (κ2) is 6.04. The molecule has 1 N–H and O–H groups in total. The molecule has 0 aliphatic carbocycles. The number of likely N-dealkylation sites (N-methyl/N-ethyl adjacent to an activating group) is 1. The number of aliphatic hydroxyl groups excluding tert-OH is 1. The molecule has 6 nitrogen and oxygen atoms in total. The summed E-state index contributed by atoms with van der Waals surface area (Å²) < 4.78 is 23.2. The van der Waals surface area contributed by atoms with E-state index in [4.69, 9.17) is 18.9 Å². The fourth-order valence-corrected chi connectivity index (χ4v) is 4.47. The number of fused-ring (bicyclic) bond motifs is 3. The number of benzene rings is 2. The van der Waals surface area contributed by atoms with E-state index in [1.54, 1.807) is 0 Å². The molecule has 5 rings (SSSR count). The number of quaternary nitrogens is 1. The summed E-state index contributed by atoms with van der Waals surface area (Å²) in [7, 11) is 4.54. The summed E-state index contributed by atoms with van der Waals surface area (Å²) in [4.78, 5) is 0. The number of rotatable bonds is 3. The lowest BCUT2D eigenvalue weighted by Gasteiger charge is -2.43. The van der Waals surface area contributed by atoms with Crippen LogP contribution in [0.3, 0.4) is 0 Å². The highest BCUT2D eigenvalue weighted by atomic mass is 16.7. The van der Waals surface area contributed by atoms with Crippen LogP contribution in [0.5, 0.6) is 23.0 Å². The van der Waals surface area contributed by atoms with E-state index >= 15 is 0 Å². The standard InChI is InChI=1S/C21H24NO5/c1-22(2)6-5-14-8-19-20(26-11-25-19)9-15(14)17(22)7-13-3-4-18-21(16(13)10-23)27-12-24-18/h3-4,8-9,17,23H,5-7,10-12H2,1-2H3/q+1. The molecule has 6 heteroatoms. The number of hydrogen-bond acceptors (Lipinski definition) is 5. The van der Waals surface area contributed by atoms with E-state index in [0.717, 1.165) is 46.5 Å². The lowest BCUT2D eigenvalue weighted by Crippen LogP contribution is -2.48. The van der Waals surface area contributed by atoms with Crippen LogP contribution in [0, 0.1) is 0 Å². The number of ether oxygens (including phenoxy) is 4. The van der Waals surface area contributed by atoms with Gasteiger partial charge in [0.05, 0.1) is 27.2 Å². The van der Waals surface area contributed by atoms with Crippen LogP contribution in [0.15, 0.2) is 24.3 Å². The lowest BCUT2D eigenvalue weighted by molar-refractivity contribution is -0.923. The molecule has 0 amide bonds. The quantitative estimate of drug-likeness (QED) is 0.842. The summed E-state index contributed by atoms with van der Waals surface area (Å²) in [6, 6.07) is 8.54. The maximum Gasteiger partial charge on any atom is 0.231 e. The van der Waals surface area contributed by atoms with Gasteiger partial charge in [0, 0.05) is 24.0 Å². The van der Waals surface area contributed by atoms with Gasteiger partial charge in [-0.1, -0.05) is 6.07 Å². The van der Waals surface area contributed by atoms with Crippen LogP contribution in [-0.4, -0.2) is 43.8 Å². The zero-order valence-electron chi connectivity index (χ0n) is 15.7. The molecule has 3 aliphatic rings. The summed E-state index contributed by atoms with van der Waals surface area (Å²) in [5, 5.41) is 9.99. The number of hydrogen-bond donors (Lipinski definition) is 1. The van der Waals surface area contributed by atoms with Gasteiger partial charge in [-0.2, -0.15) is 0 Å². The summed E-state index contributed by atoms with van der Waals surface area (Å²) in [5.41, 5.74) is 4.56. The van der Waals surface area contributed by atoms with Crippen LogP contribution in [0.1, 0.15) is 28.3 Å². The van der Waals surface area contributed by atoms with Crippen molar-refractivity contribution in [1.82, 2.24) is 0 Å². The first-order valence-corrected chi connectivity index (χ1v) is 9.33. The predicted molar refractivity (Wildman–Crippen MR) is 98.2 cm³/mol. The Hall–Kier alpha value is -2.44. The van der Waals surface area contributed by atoms with Crippen LogP contribution in [0.4, 0.5) is 0 Å². The third-order valence-electron chi connectivity index (χ3n) is 6.11. The summed E-state index contributed by atoms with van der Waals surface area (Å²) >= 11 is 0. The van der Waals surface area contributed by atoms with E-state index in [-0.39, 0.29) is 26.2 Å². The molecule has 3 aliphatic heterocycles. The van der Waals surface area contributed by atoms with Crippen LogP contribution >= 0.6 is 0 Å². The fourth-order valence-electron chi connectivity index (χ4n) is 4.47. The molecule has 3 heterocycles. The van der Waals surface area contributed by atoms with Crippen molar-refractivity contribution in [3.8, 4) is 23.0 Å². The molecule has 1 unspecified atom stereocenters. The average Bonchev–Trinajstić information content (AvgIpc) is 3.30. The van der Waals surface area contributed by atoms with Crippen LogP contribution in [0.25, 0.3) is 0 Å². The maximum atomic E-state index is 9.99. The van der Waals surface area contributed by atoms with Gasteiger partial charge in [-0.25, -0.2) is 0 Å². The lowest BCUT2D eigenvalue weighted by atomic mass is 9.86. The van der Waals surface area contributed by atoms with Gasteiger partial charge in [0.25, 0.3) is 0 Å². The molecule has 1 atom stereocenters. The Labute approximate surface area is 158 Å². The molecule has 142 valence electrons. The molecule has 2 aromatic carbocycles. The van der Waals surface area contributed by atoms with E-state index in [9.17, 15) is 5.11 Å². The van der Waals surface area contributed by atoms with Crippen LogP contribution in [0.2, 0.25) is 0 Å². The molecule has 0 spiro atoms. The summed E-state index contributed by atoms with van der Waals surface area (Å²) in [6.45, 7) is 1.49. The van der Waals surface area contributed by atoms with E-state index < -0.39 is 0 Å². The zero-order valence-corrected chi connectivity index (χ0v) is 15.7. The highest BCUT2D eigenvalue weighted by Gasteiger charge is 2.38. The Kier molecular flexibility index (Phi) is 3.74. The first kappa shape index (κ1) is 16.7. The van der Waals surface area contributed by atoms with Crippen molar-refractivity contribution in [2.75, 3.05) is 34.2 Å². The second-order valence-electron chi connectivity index (χ2n) is 7.97. The third-order valence-corrected chi connectivity index (χ3v) is 6.11. The Balaban J connectivity index is 1.57. The molecule has 0 fully saturated rings. The van der Waals surface area contributed by atoms with Gasteiger partial charge in [-0.3, -0.25) is 0 Å². The van der Waals surface area contributed by atoms with Gasteiger partial charge < -0.3 is 28.5 Å². The maximum absolute atomic E-state index is 9.99. The molecule has 0 radical (unpaired) electrons. The molecule has 2 aromatic rings. The topological polar surface area (TPSA) is 57.2 Å². The van der Waals surface area contributed by atoms with E-state index in [0.29, 0.717) is 11.5 Å². The Bertz CT molecular complexity index is 908. The zero-order chi connectivity index (χ0) is 18.6. The highest BCUT2D eigenvalue weighted by molar-refractivity contribution is 5.53. The largest absolute Gasteiger partial charge is 0.454 e. The van der Waals surface area contributed by atoms with Crippen molar-refractivity contribution in [1.29, 1.82) is 0 Å². The Morgan fingerprint density at radius 1 is 1.00 bits per heavy atom. The Morgan fingerprint density at radius 3 is 2.56 bits per heavy atom. The minimum atomic E-state index is -0.0595. The van der Waals surface area contributed by atoms with Crippen molar-refractivity contribution in [3.05, 3.63) is 46.5 Å². The van der Waals surface area contributed by atoms with Gasteiger partial charge in [0.1, 0.15) is 6.04 Å². The van der Waals surface area contributed by atoms with Gasteiger partial charge in [0.2, 0.25) is 13.6 Å². The monoisotopic (exact) mass is 370 g/mol. The van der Waals surface area contributed by atoms with Gasteiger partial charge in [-0.15, -0.1) is 0 Å². The smallest absolute Gasteiger partial charge is 0.231 e. The van der Waals surface area contributed by atoms with Gasteiger partial charge >= 0.3 is 0 Å².